The van der Waals surface area contributed by atoms with Crippen LogP contribution in [-0.2, 0) is 9.59 Å². The number of amides is 2. The Morgan fingerprint density at radius 2 is 1.53 bits per heavy atom. The van der Waals surface area contributed by atoms with Gasteiger partial charge in [0.25, 0.3) is 0 Å². The lowest BCUT2D eigenvalue weighted by atomic mass is 9.77. The van der Waals surface area contributed by atoms with E-state index in [2.05, 4.69) is 23.1 Å². The molecule has 0 spiro atoms. The Kier molecular flexibility index (Phi) is 4.67. The molecule has 1 aromatic carbocycles. The van der Waals surface area contributed by atoms with E-state index < -0.39 is 5.60 Å². The van der Waals surface area contributed by atoms with E-state index in [1.807, 2.05) is 18.2 Å². The molecule has 1 N–H and O–H groups in total. The Balaban J connectivity index is 1.61. The molecule has 5 atom stereocenters. The SMILES string of the molecule is CN1C(=O)[C@@H]2C3c4ccccc4C([C@@H]2C1=O)N3C(/C=C/C(C)(C)O)C1CCCCC1. The van der Waals surface area contributed by atoms with Gasteiger partial charge in [0.2, 0.25) is 11.8 Å². The molecule has 30 heavy (non-hydrogen) atoms. The topological polar surface area (TPSA) is 60.9 Å². The van der Waals surface area contributed by atoms with Crippen LogP contribution in [0.2, 0.25) is 0 Å². The highest BCUT2D eigenvalue weighted by Crippen LogP contribution is 2.63. The van der Waals surface area contributed by atoms with Crippen molar-refractivity contribution in [2.45, 2.75) is 69.7 Å². The summed E-state index contributed by atoms with van der Waals surface area (Å²) in [6.45, 7) is 3.59. The van der Waals surface area contributed by atoms with Crippen LogP contribution in [0, 0.1) is 17.8 Å². The summed E-state index contributed by atoms with van der Waals surface area (Å²) in [4.78, 5) is 30.0. The molecule has 5 nitrogen and oxygen atoms in total. The monoisotopic (exact) mass is 408 g/mol. The minimum Gasteiger partial charge on any atom is -0.386 e. The van der Waals surface area contributed by atoms with Gasteiger partial charge in [-0.2, -0.15) is 0 Å². The van der Waals surface area contributed by atoms with Gasteiger partial charge in [-0.3, -0.25) is 19.4 Å². The van der Waals surface area contributed by atoms with E-state index in [0.717, 1.165) is 12.8 Å². The van der Waals surface area contributed by atoms with Gasteiger partial charge in [0.1, 0.15) is 0 Å². The molecule has 1 aromatic rings. The van der Waals surface area contributed by atoms with Crippen LogP contribution in [0.15, 0.2) is 36.4 Å². The fourth-order valence-electron chi connectivity index (χ4n) is 6.51. The van der Waals surface area contributed by atoms with Crippen molar-refractivity contribution in [1.29, 1.82) is 0 Å². The van der Waals surface area contributed by atoms with Crippen LogP contribution < -0.4 is 0 Å². The minimum atomic E-state index is -0.889. The number of likely N-dealkylation sites (tertiary alicyclic amines) is 1. The maximum atomic E-state index is 13.1. The van der Waals surface area contributed by atoms with Crippen molar-refractivity contribution >= 4 is 11.8 Å². The normalized spacial score (nSPS) is 32.9. The molecule has 3 unspecified atom stereocenters. The number of rotatable bonds is 4. The predicted molar refractivity (Wildman–Crippen MR) is 114 cm³/mol. The third-order valence-corrected chi connectivity index (χ3v) is 7.75. The van der Waals surface area contributed by atoms with Crippen LogP contribution in [0.4, 0.5) is 0 Å². The molecule has 5 heteroatoms. The summed E-state index contributed by atoms with van der Waals surface area (Å²) in [7, 11) is 1.63. The van der Waals surface area contributed by atoms with Crippen molar-refractivity contribution in [1.82, 2.24) is 9.80 Å². The number of fused-ring (bicyclic) bond motifs is 8. The molecule has 160 valence electrons. The molecule has 2 amide bonds. The molecule has 3 aliphatic heterocycles. The van der Waals surface area contributed by atoms with Crippen LogP contribution in [0.3, 0.4) is 0 Å². The van der Waals surface area contributed by atoms with Crippen LogP contribution in [0.25, 0.3) is 0 Å². The first kappa shape index (κ1) is 20.0. The van der Waals surface area contributed by atoms with Gasteiger partial charge < -0.3 is 5.11 Å². The Morgan fingerprint density at radius 1 is 1.00 bits per heavy atom. The zero-order valence-electron chi connectivity index (χ0n) is 18.1. The molecule has 0 radical (unpaired) electrons. The number of hydrogen-bond donors (Lipinski definition) is 1. The third kappa shape index (κ3) is 2.89. The van der Waals surface area contributed by atoms with Gasteiger partial charge in [0.15, 0.2) is 0 Å². The first-order valence-electron chi connectivity index (χ1n) is 11.4. The fourth-order valence-corrected chi connectivity index (χ4v) is 6.51. The molecule has 4 aliphatic rings. The van der Waals surface area contributed by atoms with E-state index in [-0.39, 0.29) is 41.8 Å². The number of carbonyl (C=O) groups is 2. The van der Waals surface area contributed by atoms with E-state index in [1.165, 1.54) is 35.3 Å². The van der Waals surface area contributed by atoms with Crippen molar-refractivity contribution in [2.24, 2.45) is 17.8 Å². The van der Waals surface area contributed by atoms with E-state index in [9.17, 15) is 14.7 Å². The highest BCUT2D eigenvalue weighted by atomic mass is 16.3. The Labute approximate surface area is 178 Å². The molecule has 0 aromatic heterocycles. The molecule has 3 heterocycles. The lowest BCUT2D eigenvalue weighted by Crippen LogP contribution is -2.42. The number of aliphatic hydroxyl groups is 1. The Hall–Kier alpha value is -1.98. The van der Waals surface area contributed by atoms with Crippen molar-refractivity contribution in [3.05, 3.63) is 47.5 Å². The largest absolute Gasteiger partial charge is 0.386 e. The maximum Gasteiger partial charge on any atom is 0.234 e. The summed E-state index contributed by atoms with van der Waals surface area (Å²) < 4.78 is 0. The zero-order chi connectivity index (χ0) is 21.2. The van der Waals surface area contributed by atoms with Gasteiger partial charge in [0, 0.05) is 25.2 Å². The predicted octanol–water partition coefficient (Wildman–Crippen LogP) is 3.61. The van der Waals surface area contributed by atoms with Crippen molar-refractivity contribution in [3.8, 4) is 0 Å². The van der Waals surface area contributed by atoms with Gasteiger partial charge >= 0.3 is 0 Å². The highest BCUT2D eigenvalue weighted by Gasteiger charge is 2.67. The number of hydrogen-bond acceptors (Lipinski definition) is 4. The molecule has 2 saturated heterocycles. The Bertz CT molecular complexity index is 847. The number of nitrogens with zero attached hydrogens (tertiary/aromatic N) is 2. The van der Waals surface area contributed by atoms with Gasteiger partial charge in [-0.15, -0.1) is 0 Å². The van der Waals surface area contributed by atoms with E-state index in [0.29, 0.717) is 5.92 Å². The van der Waals surface area contributed by atoms with Gasteiger partial charge in [-0.1, -0.05) is 55.7 Å². The van der Waals surface area contributed by atoms with Crippen molar-refractivity contribution in [2.75, 3.05) is 7.05 Å². The van der Waals surface area contributed by atoms with Crippen LogP contribution in [-0.4, -0.2) is 45.4 Å². The summed E-state index contributed by atoms with van der Waals surface area (Å²) in [5.41, 5.74) is 1.52. The molecule has 1 aliphatic carbocycles. The summed E-state index contributed by atoms with van der Waals surface area (Å²) in [5.74, 6) is -0.164. The summed E-state index contributed by atoms with van der Waals surface area (Å²) in [6, 6.07) is 8.36. The average molecular weight is 409 g/mol. The Morgan fingerprint density at radius 3 is 2.03 bits per heavy atom. The second-order valence-electron chi connectivity index (χ2n) is 10.2. The fraction of sp³-hybridized carbons (Fsp3) is 0.600. The first-order valence-corrected chi connectivity index (χ1v) is 11.4. The summed E-state index contributed by atoms with van der Waals surface area (Å²) in [6.07, 6.45) is 10.1. The molecule has 1 saturated carbocycles. The quantitative estimate of drug-likeness (QED) is 0.611. The maximum absolute atomic E-state index is 13.1. The lowest BCUT2D eigenvalue weighted by molar-refractivity contribution is -0.140. The first-order chi connectivity index (χ1) is 14.3. The smallest absolute Gasteiger partial charge is 0.234 e. The molecule has 3 fully saturated rings. The molecular weight excluding hydrogens is 376 g/mol. The molecule has 5 rings (SSSR count). The van der Waals surface area contributed by atoms with Gasteiger partial charge in [-0.25, -0.2) is 0 Å². The van der Waals surface area contributed by atoms with Crippen molar-refractivity contribution < 1.29 is 14.7 Å². The minimum absolute atomic E-state index is 0.0362. The second-order valence-corrected chi connectivity index (χ2v) is 10.2. The summed E-state index contributed by atoms with van der Waals surface area (Å²) in [5, 5.41) is 10.4. The van der Waals surface area contributed by atoms with E-state index >= 15 is 0 Å². The third-order valence-electron chi connectivity index (χ3n) is 7.75. The lowest BCUT2D eigenvalue weighted by Gasteiger charge is -2.39. The zero-order valence-corrected chi connectivity index (χ0v) is 18.1. The molecule has 2 bridgehead atoms. The van der Waals surface area contributed by atoms with Crippen LogP contribution >= 0.6 is 0 Å². The van der Waals surface area contributed by atoms with Gasteiger partial charge in [-0.05, 0) is 43.7 Å². The van der Waals surface area contributed by atoms with Crippen LogP contribution in [0.5, 0.6) is 0 Å². The summed E-state index contributed by atoms with van der Waals surface area (Å²) >= 11 is 0. The van der Waals surface area contributed by atoms with Crippen molar-refractivity contribution in [3.63, 3.8) is 0 Å². The second kappa shape index (κ2) is 7.03. The standard InChI is InChI=1S/C25H32N2O3/c1-25(2,30)14-13-18(15-9-5-4-6-10-15)27-21-16-11-7-8-12-17(16)22(27)20-19(21)23(28)26(3)24(20)29/h7-8,11-15,18-22,30H,4-6,9-10H2,1-3H3/b14-13+/t18?,19-,20+,21?,22?. The number of carbonyl (C=O) groups excluding carboxylic acids is 2. The number of imide groups is 1. The van der Waals surface area contributed by atoms with E-state index in [1.54, 1.807) is 20.9 Å². The van der Waals surface area contributed by atoms with E-state index in [4.69, 9.17) is 0 Å². The molecular formula is C25H32N2O3. The average Bonchev–Trinajstić information content (AvgIpc) is 3.31. The highest BCUT2D eigenvalue weighted by molar-refractivity contribution is 6.06. The van der Waals surface area contributed by atoms with Crippen LogP contribution in [0.1, 0.15) is 69.2 Å². The number of benzene rings is 1. The van der Waals surface area contributed by atoms with Gasteiger partial charge in [0.05, 0.1) is 17.4 Å².